The molecule has 0 aromatic carbocycles. The largest absolute Gasteiger partial charge is 0.355 e. The Kier molecular flexibility index (Phi) is 4.29. The Morgan fingerprint density at radius 1 is 1.05 bits per heavy atom. The van der Waals surface area contributed by atoms with Gasteiger partial charge in [0.25, 0.3) is 0 Å². The third-order valence-electron chi connectivity index (χ3n) is 5.69. The first-order valence-corrected chi connectivity index (χ1v) is 8.90. The molecule has 4 heteroatoms. The Morgan fingerprint density at radius 2 is 1.86 bits per heavy atom. The summed E-state index contributed by atoms with van der Waals surface area (Å²) >= 11 is 0. The molecule has 4 bridgehead atoms. The zero-order chi connectivity index (χ0) is 15.0. The standard InChI is InChI=1S/C18H28O4/c1-18(21-16-3-2-4-17(9-16)22-18)11-20-12-19-10-15-8-13-5-6-14(15)7-13/h5-6,13-17H,2-4,7-12H2,1H3. The molecular formula is C18H28O4. The van der Waals surface area contributed by atoms with Crippen molar-refractivity contribution in [1.29, 1.82) is 0 Å². The fourth-order valence-corrected chi connectivity index (χ4v) is 4.69. The predicted octanol–water partition coefficient (Wildman–Crippen LogP) is 3.26. The van der Waals surface area contributed by atoms with Crippen molar-refractivity contribution in [3.8, 4) is 0 Å². The van der Waals surface area contributed by atoms with Crippen LogP contribution >= 0.6 is 0 Å². The van der Waals surface area contributed by atoms with Crippen LogP contribution < -0.4 is 0 Å². The van der Waals surface area contributed by atoms with E-state index in [2.05, 4.69) is 12.2 Å². The zero-order valence-electron chi connectivity index (χ0n) is 13.5. The quantitative estimate of drug-likeness (QED) is 0.429. The van der Waals surface area contributed by atoms with Crippen LogP contribution in [0.15, 0.2) is 12.2 Å². The first-order valence-electron chi connectivity index (χ1n) is 8.90. The fraction of sp³-hybridized carbons (Fsp3) is 0.889. The average molecular weight is 308 g/mol. The predicted molar refractivity (Wildman–Crippen MR) is 82.2 cm³/mol. The minimum atomic E-state index is -0.591. The van der Waals surface area contributed by atoms with Crippen molar-refractivity contribution < 1.29 is 18.9 Å². The Balaban J connectivity index is 1.15. The monoisotopic (exact) mass is 308 g/mol. The summed E-state index contributed by atoms with van der Waals surface area (Å²) in [6, 6.07) is 0. The lowest BCUT2D eigenvalue weighted by Crippen LogP contribution is -2.51. The molecule has 5 atom stereocenters. The van der Waals surface area contributed by atoms with E-state index >= 15 is 0 Å². The molecule has 4 rings (SSSR count). The minimum absolute atomic E-state index is 0.343. The normalized spacial score (nSPS) is 46.3. The maximum Gasteiger partial charge on any atom is 0.189 e. The van der Waals surface area contributed by atoms with E-state index in [0.29, 0.717) is 31.5 Å². The zero-order valence-corrected chi connectivity index (χ0v) is 13.5. The molecule has 5 unspecified atom stereocenters. The highest BCUT2D eigenvalue weighted by molar-refractivity contribution is 5.09. The molecule has 124 valence electrons. The molecule has 0 radical (unpaired) electrons. The number of allylic oxidation sites excluding steroid dienone is 2. The average Bonchev–Trinajstić information content (AvgIpc) is 3.09. The molecule has 4 aliphatic rings. The van der Waals surface area contributed by atoms with E-state index in [1.807, 2.05) is 6.92 Å². The van der Waals surface area contributed by atoms with Gasteiger partial charge in [-0.05, 0) is 56.8 Å². The van der Waals surface area contributed by atoms with Gasteiger partial charge in [-0.25, -0.2) is 0 Å². The highest BCUT2D eigenvalue weighted by Crippen LogP contribution is 2.43. The summed E-state index contributed by atoms with van der Waals surface area (Å²) in [4.78, 5) is 0. The van der Waals surface area contributed by atoms with Crippen molar-refractivity contribution in [2.24, 2.45) is 17.8 Å². The van der Waals surface area contributed by atoms with Crippen LogP contribution in [-0.2, 0) is 18.9 Å². The summed E-state index contributed by atoms with van der Waals surface area (Å²) < 4.78 is 23.5. The summed E-state index contributed by atoms with van der Waals surface area (Å²) in [5, 5.41) is 0. The van der Waals surface area contributed by atoms with Crippen LogP contribution in [0.5, 0.6) is 0 Å². The van der Waals surface area contributed by atoms with Gasteiger partial charge in [0.15, 0.2) is 5.79 Å². The SMILES string of the molecule is CC1(COCOCC2CC3C=CC2C3)OC2CCCC(C2)O1. The van der Waals surface area contributed by atoms with E-state index in [9.17, 15) is 0 Å². The first-order chi connectivity index (χ1) is 10.7. The molecule has 4 nitrogen and oxygen atoms in total. The Bertz CT molecular complexity index is 409. The molecule has 22 heavy (non-hydrogen) atoms. The molecule has 0 amide bonds. The lowest BCUT2D eigenvalue weighted by Gasteiger charge is -2.45. The van der Waals surface area contributed by atoms with Crippen LogP contribution in [0, 0.1) is 17.8 Å². The second-order valence-electron chi connectivity index (χ2n) is 7.66. The van der Waals surface area contributed by atoms with Crippen LogP contribution in [0.3, 0.4) is 0 Å². The second kappa shape index (κ2) is 6.23. The van der Waals surface area contributed by atoms with E-state index < -0.39 is 5.79 Å². The van der Waals surface area contributed by atoms with Gasteiger partial charge in [-0.15, -0.1) is 0 Å². The number of rotatable bonds is 6. The first kappa shape index (κ1) is 15.1. The third-order valence-corrected chi connectivity index (χ3v) is 5.69. The molecule has 3 aliphatic carbocycles. The lowest BCUT2D eigenvalue weighted by atomic mass is 9.93. The summed E-state index contributed by atoms with van der Waals surface area (Å²) in [6.45, 7) is 3.61. The maximum absolute atomic E-state index is 6.05. The second-order valence-corrected chi connectivity index (χ2v) is 7.66. The molecular weight excluding hydrogens is 280 g/mol. The maximum atomic E-state index is 6.05. The van der Waals surface area contributed by atoms with Gasteiger partial charge in [0, 0.05) is 6.42 Å². The summed E-state index contributed by atoms with van der Waals surface area (Å²) in [5.74, 6) is 1.65. The summed E-state index contributed by atoms with van der Waals surface area (Å²) in [6.07, 6.45) is 12.6. The van der Waals surface area contributed by atoms with Gasteiger partial charge < -0.3 is 18.9 Å². The van der Waals surface area contributed by atoms with Crippen molar-refractivity contribution in [2.45, 2.75) is 63.4 Å². The van der Waals surface area contributed by atoms with Crippen LogP contribution in [0.2, 0.25) is 0 Å². The molecule has 0 aromatic rings. The van der Waals surface area contributed by atoms with Crippen LogP contribution in [-0.4, -0.2) is 38.0 Å². The number of ether oxygens (including phenoxy) is 4. The lowest BCUT2D eigenvalue weighted by molar-refractivity contribution is -0.338. The van der Waals surface area contributed by atoms with Gasteiger partial charge in [-0.1, -0.05) is 12.2 Å². The van der Waals surface area contributed by atoms with Gasteiger partial charge in [0.1, 0.15) is 13.4 Å². The third kappa shape index (κ3) is 3.25. The van der Waals surface area contributed by atoms with E-state index in [1.54, 1.807) is 0 Å². The molecule has 0 N–H and O–H groups in total. The molecule has 0 aromatic heterocycles. The molecule has 2 saturated carbocycles. The topological polar surface area (TPSA) is 36.9 Å². The number of fused-ring (bicyclic) bond motifs is 4. The van der Waals surface area contributed by atoms with Gasteiger partial charge >= 0.3 is 0 Å². The molecule has 0 spiro atoms. The van der Waals surface area contributed by atoms with Gasteiger partial charge in [-0.3, -0.25) is 0 Å². The van der Waals surface area contributed by atoms with E-state index in [1.165, 1.54) is 19.3 Å². The van der Waals surface area contributed by atoms with Crippen molar-refractivity contribution in [2.75, 3.05) is 20.0 Å². The van der Waals surface area contributed by atoms with Gasteiger partial charge in [-0.2, -0.15) is 0 Å². The van der Waals surface area contributed by atoms with E-state index in [-0.39, 0.29) is 0 Å². The van der Waals surface area contributed by atoms with Gasteiger partial charge in [0.2, 0.25) is 0 Å². The highest BCUT2D eigenvalue weighted by Gasteiger charge is 2.41. The van der Waals surface area contributed by atoms with E-state index in [4.69, 9.17) is 18.9 Å². The van der Waals surface area contributed by atoms with Crippen molar-refractivity contribution in [1.82, 2.24) is 0 Å². The fourth-order valence-electron chi connectivity index (χ4n) is 4.69. The smallest absolute Gasteiger partial charge is 0.189 e. The van der Waals surface area contributed by atoms with Crippen molar-refractivity contribution >= 4 is 0 Å². The molecule has 1 heterocycles. The highest BCUT2D eigenvalue weighted by atomic mass is 16.7. The Labute approximate surface area is 133 Å². The van der Waals surface area contributed by atoms with Crippen molar-refractivity contribution in [3.05, 3.63) is 12.2 Å². The number of hydrogen-bond acceptors (Lipinski definition) is 4. The van der Waals surface area contributed by atoms with Crippen LogP contribution in [0.4, 0.5) is 0 Å². The van der Waals surface area contributed by atoms with Crippen LogP contribution in [0.1, 0.15) is 45.4 Å². The summed E-state index contributed by atoms with van der Waals surface area (Å²) in [7, 11) is 0. The number of hydrogen-bond donors (Lipinski definition) is 0. The molecule has 1 saturated heterocycles. The van der Waals surface area contributed by atoms with E-state index in [0.717, 1.165) is 37.7 Å². The summed E-state index contributed by atoms with van der Waals surface area (Å²) in [5.41, 5.74) is 0. The minimum Gasteiger partial charge on any atom is -0.355 e. The Morgan fingerprint density at radius 3 is 2.55 bits per heavy atom. The van der Waals surface area contributed by atoms with Crippen molar-refractivity contribution in [3.63, 3.8) is 0 Å². The Hall–Kier alpha value is -0.420. The van der Waals surface area contributed by atoms with Gasteiger partial charge in [0.05, 0.1) is 18.8 Å². The molecule has 3 fully saturated rings. The van der Waals surface area contributed by atoms with Crippen LogP contribution in [0.25, 0.3) is 0 Å². The molecule has 1 aliphatic heterocycles.